The van der Waals surface area contributed by atoms with Crippen LogP contribution in [0.3, 0.4) is 0 Å². The van der Waals surface area contributed by atoms with Gasteiger partial charge in [0.2, 0.25) is 5.91 Å². The van der Waals surface area contributed by atoms with Crippen LogP contribution in [0.2, 0.25) is 0 Å². The smallest absolute Gasteiger partial charge is 0.224 e. The quantitative estimate of drug-likeness (QED) is 0.361. The minimum absolute atomic E-state index is 0.0423. The van der Waals surface area contributed by atoms with Crippen LogP contribution in [-0.2, 0) is 11.3 Å². The van der Waals surface area contributed by atoms with Gasteiger partial charge in [-0.25, -0.2) is 0 Å². The Labute approximate surface area is 224 Å². The van der Waals surface area contributed by atoms with Gasteiger partial charge in [0.05, 0.1) is 39.5 Å². The number of methoxy groups -OCH3 is 2. The molecule has 1 saturated heterocycles. The van der Waals surface area contributed by atoms with Crippen LogP contribution in [0.25, 0.3) is 0 Å². The van der Waals surface area contributed by atoms with Crippen molar-refractivity contribution in [3.8, 4) is 23.0 Å². The van der Waals surface area contributed by atoms with Gasteiger partial charge in [0.15, 0.2) is 11.5 Å². The van der Waals surface area contributed by atoms with E-state index < -0.39 is 0 Å². The fourth-order valence-electron chi connectivity index (χ4n) is 4.74. The second kappa shape index (κ2) is 13.7. The first kappa shape index (κ1) is 27.3. The van der Waals surface area contributed by atoms with Crippen molar-refractivity contribution < 1.29 is 23.7 Å². The third-order valence-electron chi connectivity index (χ3n) is 6.62. The van der Waals surface area contributed by atoms with Crippen molar-refractivity contribution in [3.05, 3.63) is 78.1 Å². The lowest BCUT2D eigenvalue weighted by atomic mass is 9.88. The molecule has 2 heterocycles. The Morgan fingerprint density at radius 3 is 2.53 bits per heavy atom. The maximum absolute atomic E-state index is 13.2. The number of likely N-dealkylation sites (tertiary alicyclic amines) is 1. The number of pyridine rings is 1. The summed E-state index contributed by atoms with van der Waals surface area (Å²) in [6.45, 7) is 5.54. The first-order valence-electron chi connectivity index (χ1n) is 13.0. The summed E-state index contributed by atoms with van der Waals surface area (Å²) in [5, 5.41) is 3.06. The lowest BCUT2D eigenvalue weighted by molar-refractivity contribution is -0.127. The number of hydrogen-bond donors (Lipinski definition) is 1. The fourth-order valence-corrected chi connectivity index (χ4v) is 4.74. The normalized spacial score (nSPS) is 17.4. The molecule has 0 aliphatic carbocycles. The van der Waals surface area contributed by atoms with E-state index in [-0.39, 0.29) is 17.7 Å². The van der Waals surface area contributed by atoms with Gasteiger partial charge in [-0.2, -0.15) is 0 Å². The zero-order chi connectivity index (χ0) is 26.7. The topological polar surface area (TPSA) is 82.2 Å². The van der Waals surface area contributed by atoms with Gasteiger partial charge in [0.1, 0.15) is 18.1 Å². The predicted molar refractivity (Wildman–Crippen MR) is 146 cm³/mol. The number of nitrogens with zero attached hydrogens (tertiary/aromatic N) is 2. The number of aryl methyl sites for hydroxylation is 1. The number of piperidine rings is 1. The number of ether oxygens (including phenoxy) is 4. The van der Waals surface area contributed by atoms with E-state index in [9.17, 15) is 4.79 Å². The minimum Gasteiger partial charge on any atom is -0.493 e. The molecule has 0 saturated carbocycles. The average Bonchev–Trinajstić information content (AvgIpc) is 2.95. The van der Waals surface area contributed by atoms with Crippen LogP contribution in [0.1, 0.15) is 17.7 Å². The molecule has 1 aliphatic rings. The molecule has 1 N–H and O–H groups in total. The maximum Gasteiger partial charge on any atom is 0.224 e. The van der Waals surface area contributed by atoms with Crippen molar-refractivity contribution in [1.29, 1.82) is 0 Å². The van der Waals surface area contributed by atoms with Gasteiger partial charge in [0, 0.05) is 31.2 Å². The lowest BCUT2D eigenvalue weighted by Gasteiger charge is -2.37. The molecule has 202 valence electrons. The molecule has 0 spiro atoms. The Kier molecular flexibility index (Phi) is 9.81. The molecule has 0 bridgehead atoms. The molecule has 8 nitrogen and oxygen atoms in total. The van der Waals surface area contributed by atoms with E-state index in [1.807, 2.05) is 67.6 Å². The average molecular weight is 520 g/mol. The van der Waals surface area contributed by atoms with Gasteiger partial charge in [-0.05, 0) is 55.3 Å². The molecule has 4 rings (SSSR count). The molecule has 3 aromatic rings. The molecule has 38 heavy (non-hydrogen) atoms. The molecule has 1 aliphatic heterocycles. The third-order valence-corrected chi connectivity index (χ3v) is 6.62. The molecular formula is C30H37N3O5. The summed E-state index contributed by atoms with van der Waals surface area (Å²) < 4.78 is 22.7. The molecular weight excluding hydrogens is 482 g/mol. The summed E-state index contributed by atoms with van der Waals surface area (Å²) in [5.74, 6) is 3.02. The van der Waals surface area contributed by atoms with Gasteiger partial charge < -0.3 is 24.3 Å². The van der Waals surface area contributed by atoms with E-state index in [0.29, 0.717) is 44.3 Å². The summed E-state index contributed by atoms with van der Waals surface area (Å²) in [5.41, 5.74) is 2.05. The van der Waals surface area contributed by atoms with Crippen LogP contribution in [-0.4, -0.2) is 62.9 Å². The van der Waals surface area contributed by atoms with E-state index in [4.69, 9.17) is 18.9 Å². The second-order valence-electron chi connectivity index (χ2n) is 9.58. The standard InChI is InChI=1S/C30H37N3O5/c1-22-9-11-27(17-32-22)38-21-24-15-25(30(34)31-13-14-37-26-7-5-4-6-8-26)20-33(19-24)18-23-10-12-28(35-2)29(16-23)36-3/h4-12,16-17,24-25H,13-15,18-21H2,1-3H3,(H,31,34)/t24-,25+/m0/s1. The SMILES string of the molecule is COc1ccc(CN2C[C@@H](COc3ccc(C)nc3)C[C@@H](C(=O)NCCOc3ccccc3)C2)cc1OC. The monoisotopic (exact) mass is 519 g/mol. The van der Waals surface area contributed by atoms with Crippen LogP contribution < -0.4 is 24.3 Å². The van der Waals surface area contributed by atoms with Crippen molar-refractivity contribution in [1.82, 2.24) is 15.2 Å². The van der Waals surface area contributed by atoms with Crippen molar-refractivity contribution in [3.63, 3.8) is 0 Å². The summed E-state index contributed by atoms with van der Waals surface area (Å²) in [4.78, 5) is 19.8. The van der Waals surface area contributed by atoms with Gasteiger partial charge in [-0.15, -0.1) is 0 Å². The molecule has 0 radical (unpaired) electrons. The highest BCUT2D eigenvalue weighted by atomic mass is 16.5. The molecule has 1 fully saturated rings. The maximum atomic E-state index is 13.2. The number of amides is 1. The number of carbonyl (C=O) groups is 1. The zero-order valence-corrected chi connectivity index (χ0v) is 22.4. The van der Waals surface area contributed by atoms with Crippen molar-refractivity contribution in [2.24, 2.45) is 11.8 Å². The van der Waals surface area contributed by atoms with E-state index >= 15 is 0 Å². The fraction of sp³-hybridized carbons (Fsp3) is 0.400. The van der Waals surface area contributed by atoms with Gasteiger partial charge >= 0.3 is 0 Å². The first-order valence-corrected chi connectivity index (χ1v) is 13.0. The molecule has 1 amide bonds. The zero-order valence-electron chi connectivity index (χ0n) is 22.4. The Morgan fingerprint density at radius 1 is 0.974 bits per heavy atom. The third kappa shape index (κ3) is 7.86. The predicted octanol–water partition coefficient (Wildman–Crippen LogP) is 4.12. The molecule has 0 unspecified atom stereocenters. The Hall–Kier alpha value is -3.78. The number of carbonyl (C=O) groups excluding carboxylic acids is 1. The van der Waals surface area contributed by atoms with Crippen LogP contribution in [0.5, 0.6) is 23.0 Å². The number of para-hydroxylation sites is 1. The summed E-state index contributed by atoms with van der Waals surface area (Å²) >= 11 is 0. The molecule has 2 aromatic carbocycles. The van der Waals surface area contributed by atoms with Crippen LogP contribution in [0.15, 0.2) is 66.9 Å². The van der Waals surface area contributed by atoms with Crippen molar-refractivity contribution >= 4 is 5.91 Å². The number of rotatable bonds is 12. The Bertz CT molecular complexity index is 1160. The van der Waals surface area contributed by atoms with E-state index in [0.717, 1.165) is 35.7 Å². The van der Waals surface area contributed by atoms with Gasteiger partial charge in [-0.1, -0.05) is 24.3 Å². The highest BCUT2D eigenvalue weighted by molar-refractivity contribution is 5.79. The Balaban J connectivity index is 1.38. The van der Waals surface area contributed by atoms with E-state index in [1.165, 1.54) is 0 Å². The van der Waals surface area contributed by atoms with Gasteiger partial charge in [0.25, 0.3) is 0 Å². The largest absolute Gasteiger partial charge is 0.493 e. The lowest BCUT2D eigenvalue weighted by Crippen LogP contribution is -2.47. The summed E-state index contributed by atoms with van der Waals surface area (Å²) in [6, 6.07) is 19.4. The number of benzene rings is 2. The highest BCUT2D eigenvalue weighted by Gasteiger charge is 2.32. The van der Waals surface area contributed by atoms with Crippen LogP contribution in [0.4, 0.5) is 0 Å². The van der Waals surface area contributed by atoms with Crippen LogP contribution in [0, 0.1) is 18.8 Å². The Morgan fingerprint density at radius 2 is 1.79 bits per heavy atom. The van der Waals surface area contributed by atoms with E-state index in [1.54, 1.807) is 20.4 Å². The first-order chi connectivity index (χ1) is 18.5. The number of nitrogens with one attached hydrogen (secondary N) is 1. The molecule has 2 atom stereocenters. The van der Waals surface area contributed by atoms with Crippen molar-refractivity contribution in [2.45, 2.75) is 19.9 Å². The highest BCUT2D eigenvalue weighted by Crippen LogP contribution is 2.30. The summed E-state index contributed by atoms with van der Waals surface area (Å²) in [6.07, 6.45) is 2.50. The minimum atomic E-state index is -0.148. The van der Waals surface area contributed by atoms with Gasteiger partial charge in [-0.3, -0.25) is 14.7 Å². The second-order valence-corrected chi connectivity index (χ2v) is 9.58. The summed E-state index contributed by atoms with van der Waals surface area (Å²) in [7, 11) is 3.27. The number of aromatic nitrogens is 1. The van der Waals surface area contributed by atoms with Crippen LogP contribution >= 0.6 is 0 Å². The number of hydrogen-bond acceptors (Lipinski definition) is 7. The molecule has 1 aromatic heterocycles. The van der Waals surface area contributed by atoms with Crippen molar-refractivity contribution in [2.75, 3.05) is 47.1 Å². The molecule has 8 heteroatoms. The van der Waals surface area contributed by atoms with E-state index in [2.05, 4.69) is 15.2 Å².